The zero-order valence-corrected chi connectivity index (χ0v) is 19.4. The lowest BCUT2D eigenvalue weighted by Gasteiger charge is -2.06. The number of rotatable bonds is 7. The van der Waals surface area contributed by atoms with Crippen LogP contribution in [0.4, 0.5) is 10.1 Å². The molecule has 4 rings (SSSR count). The van der Waals surface area contributed by atoms with Crippen LogP contribution in [0.15, 0.2) is 77.9 Å². The van der Waals surface area contributed by atoms with Gasteiger partial charge in [-0.2, -0.15) is 5.10 Å². The number of amides is 1. The Kier molecular flexibility index (Phi) is 6.80. The summed E-state index contributed by atoms with van der Waals surface area (Å²) in [6.45, 7) is 4.02. The van der Waals surface area contributed by atoms with Gasteiger partial charge in [0.25, 0.3) is 5.91 Å². The normalized spacial score (nSPS) is 10.9. The van der Waals surface area contributed by atoms with Crippen molar-refractivity contribution in [1.82, 2.24) is 4.98 Å². The van der Waals surface area contributed by atoms with Gasteiger partial charge in [-0.15, -0.1) is 0 Å². The molecule has 1 amide bonds. The molecule has 0 saturated carbocycles. The third-order valence-electron chi connectivity index (χ3n) is 5.00. The molecule has 0 aliphatic carbocycles. The van der Waals surface area contributed by atoms with Crippen molar-refractivity contribution in [2.45, 2.75) is 13.8 Å². The number of hydrogen-bond donors (Lipinski definition) is 2. The van der Waals surface area contributed by atoms with Crippen LogP contribution in [0.5, 0.6) is 5.75 Å². The van der Waals surface area contributed by atoms with Crippen LogP contribution in [0, 0.1) is 13.8 Å². The van der Waals surface area contributed by atoms with E-state index in [1.165, 1.54) is 11.3 Å². The van der Waals surface area contributed by atoms with Gasteiger partial charge in [-0.3, -0.25) is 10.2 Å². The number of hydrazone groups is 1. The smallest absolute Gasteiger partial charge is 0.256 e. The third kappa shape index (κ3) is 5.45. The van der Waals surface area contributed by atoms with Gasteiger partial charge in [0, 0.05) is 16.7 Å². The van der Waals surface area contributed by atoms with Crippen LogP contribution in [0.2, 0.25) is 0 Å². The molecule has 0 aliphatic rings. The molecule has 0 aliphatic heterocycles. The summed E-state index contributed by atoms with van der Waals surface area (Å²) in [5.74, 6) is 0.546. The minimum absolute atomic E-state index is 0.184. The van der Waals surface area contributed by atoms with E-state index in [0.29, 0.717) is 21.4 Å². The number of carbonyl (C=O) groups excluding carboxylic acids is 1. The molecule has 6 nitrogen and oxygen atoms in total. The zero-order chi connectivity index (χ0) is 23.2. The van der Waals surface area contributed by atoms with Gasteiger partial charge < -0.3 is 10.1 Å². The minimum Gasteiger partial charge on any atom is -0.496 e. The number of hydrogen-bond acceptors (Lipinski definition) is 6. The van der Waals surface area contributed by atoms with E-state index in [4.69, 9.17) is 9.72 Å². The maximum absolute atomic E-state index is 12.8. The molecule has 1 aromatic heterocycles. The molecule has 0 fully saturated rings. The van der Waals surface area contributed by atoms with Crippen molar-refractivity contribution >= 4 is 33.6 Å². The Morgan fingerprint density at radius 3 is 2.33 bits per heavy atom. The average Bonchev–Trinajstić information content (AvgIpc) is 3.22. The molecule has 0 unspecified atom stereocenters. The molecule has 0 bridgehead atoms. The van der Waals surface area contributed by atoms with E-state index >= 15 is 0 Å². The van der Waals surface area contributed by atoms with Crippen molar-refractivity contribution in [2.75, 3.05) is 17.9 Å². The SMILES string of the molecule is COc1ccccc1/C=N\Nc1nc(-c2ccc(C)cc2)c(NC(=O)c2ccc(C)cc2)s1. The third-order valence-corrected chi connectivity index (χ3v) is 5.87. The Morgan fingerprint density at radius 2 is 1.64 bits per heavy atom. The van der Waals surface area contributed by atoms with Gasteiger partial charge in [0.1, 0.15) is 16.4 Å². The number of para-hydroxylation sites is 1. The van der Waals surface area contributed by atoms with E-state index < -0.39 is 0 Å². The molecule has 0 radical (unpaired) electrons. The summed E-state index contributed by atoms with van der Waals surface area (Å²) < 4.78 is 5.35. The highest BCUT2D eigenvalue weighted by atomic mass is 32.1. The van der Waals surface area contributed by atoms with Gasteiger partial charge in [-0.05, 0) is 38.1 Å². The first-order chi connectivity index (χ1) is 16.0. The van der Waals surface area contributed by atoms with Crippen LogP contribution >= 0.6 is 11.3 Å². The van der Waals surface area contributed by atoms with E-state index in [2.05, 4.69) is 15.8 Å². The number of ether oxygens (including phenoxy) is 1. The first kappa shape index (κ1) is 22.2. The standard InChI is InChI=1S/C26H24N4O2S/c1-17-8-12-19(13-9-17)23-25(29-24(31)20-14-10-18(2)11-15-20)33-26(28-23)30-27-16-21-6-4-5-7-22(21)32-3/h4-16H,1-3H3,(H,28,30)(H,29,31)/b27-16-. The van der Waals surface area contributed by atoms with Crippen molar-refractivity contribution in [3.8, 4) is 17.0 Å². The molecule has 0 spiro atoms. The molecule has 2 N–H and O–H groups in total. The monoisotopic (exact) mass is 456 g/mol. The number of benzene rings is 3. The van der Waals surface area contributed by atoms with E-state index in [-0.39, 0.29) is 5.91 Å². The Labute approximate surface area is 197 Å². The Bertz CT molecular complexity index is 1280. The number of nitrogens with zero attached hydrogens (tertiary/aromatic N) is 2. The molecule has 1 heterocycles. The van der Waals surface area contributed by atoms with E-state index in [1.807, 2.05) is 86.6 Å². The lowest BCUT2D eigenvalue weighted by molar-refractivity contribution is 0.102. The fraction of sp³-hybridized carbons (Fsp3) is 0.115. The summed E-state index contributed by atoms with van der Waals surface area (Å²) in [6.07, 6.45) is 1.68. The summed E-state index contributed by atoms with van der Waals surface area (Å²) in [5, 5.41) is 8.54. The Balaban J connectivity index is 1.60. The zero-order valence-electron chi connectivity index (χ0n) is 18.6. The van der Waals surface area contributed by atoms with E-state index in [1.54, 1.807) is 13.3 Å². The molecule has 7 heteroatoms. The second-order valence-corrected chi connectivity index (χ2v) is 8.49. The van der Waals surface area contributed by atoms with Crippen molar-refractivity contribution in [3.63, 3.8) is 0 Å². The molecule has 4 aromatic rings. The summed E-state index contributed by atoms with van der Waals surface area (Å²) >= 11 is 1.33. The highest BCUT2D eigenvalue weighted by Crippen LogP contribution is 2.36. The number of aromatic nitrogens is 1. The Hall–Kier alpha value is -3.97. The fourth-order valence-electron chi connectivity index (χ4n) is 3.17. The lowest BCUT2D eigenvalue weighted by Crippen LogP contribution is -2.11. The van der Waals surface area contributed by atoms with Crippen LogP contribution in [-0.4, -0.2) is 24.2 Å². The minimum atomic E-state index is -0.184. The molecule has 33 heavy (non-hydrogen) atoms. The lowest BCUT2D eigenvalue weighted by atomic mass is 10.1. The number of nitrogens with one attached hydrogen (secondary N) is 2. The largest absolute Gasteiger partial charge is 0.496 e. The van der Waals surface area contributed by atoms with Crippen molar-refractivity contribution in [2.24, 2.45) is 5.10 Å². The van der Waals surface area contributed by atoms with Gasteiger partial charge >= 0.3 is 0 Å². The highest BCUT2D eigenvalue weighted by molar-refractivity contribution is 7.20. The summed E-state index contributed by atoms with van der Waals surface area (Å²) in [5.41, 5.74) is 8.27. The van der Waals surface area contributed by atoms with Crippen LogP contribution in [0.3, 0.4) is 0 Å². The van der Waals surface area contributed by atoms with Crippen LogP contribution in [0.1, 0.15) is 27.0 Å². The predicted molar refractivity (Wildman–Crippen MR) is 136 cm³/mol. The molecule has 0 atom stereocenters. The second-order valence-electron chi connectivity index (χ2n) is 7.49. The molecular formula is C26H24N4O2S. The van der Waals surface area contributed by atoms with E-state index in [0.717, 1.165) is 28.0 Å². The topological polar surface area (TPSA) is 75.6 Å². The highest BCUT2D eigenvalue weighted by Gasteiger charge is 2.16. The second kappa shape index (κ2) is 10.1. The van der Waals surface area contributed by atoms with Crippen LogP contribution in [0.25, 0.3) is 11.3 Å². The van der Waals surface area contributed by atoms with Gasteiger partial charge in [-0.1, -0.05) is 71.0 Å². The Morgan fingerprint density at radius 1 is 0.970 bits per heavy atom. The summed E-state index contributed by atoms with van der Waals surface area (Å²) in [6, 6.07) is 23.1. The first-order valence-electron chi connectivity index (χ1n) is 10.4. The fourth-order valence-corrected chi connectivity index (χ4v) is 4.00. The number of anilines is 2. The number of aryl methyl sites for hydroxylation is 2. The molecule has 3 aromatic carbocycles. The number of thiazole rings is 1. The van der Waals surface area contributed by atoms with Crippen molar-refractivity contribution in [1.29, 1.82) is 0 Å². The van der Waals surface area contributed by atoms with Crippen LogP contribution < -0.4 is 15.5 Å². The summed E-state index contributed by atoms with van der Waals surface area (Å²) in [7, 11) is 1.62. The van der Waals surface area contributed by atoms with Gasteiger partial charge in [0.2, 0.25) is 5.13 Å². The predicted octanol–water partition coefficient (Wildman–Crippen LogP) is 6.13. The molecule has 166 valence electrons. The first-order valence-corrected chi connectivity index (χ1v) is 11.2. The van der Waals surface area contributed by atoms with Crippen molar-refractivity contribution < 1.29 is 9.53 Å². The maximum atomic E-state index is 12.8. The maximum Gasteiger partial charge on any atom is 0.256 e. The number of carbonyl (C=O) groups is 1. The van der Waals surface area contributed by atoms with Gasteiger partial charge in [0.15, 0.2) is 0 Å². The quantitative estimate of drug-likeness (QED) is 0.259. The number of methoxy groups -OCH3 is 1. The molecular weight excluding hydrogens is 432 g/mol. The van der Waals surface area contributed by atoms with Gasteiger partial charge in [0.05, 0.1) is 13.3 Å². The van der Waals surface area contributed by atoms with E-state index in [9.17, 15) is 4.79 Å². The van der Waals surface area contributed by atoms with Crippen LogP contribution in [-0.2, 0) is 0 Å². The molecule has 0 saturated heterocycles. The summed E-state index contributed by atoms with van der Waals surface area (Å²) in [4.78, 5) is 17.5. The van der Waals surface area contributed by atoms with Gasteiger partial charge in [-0.25, -0.2) is 4.98 Å². The average molecular weight is 457 g/mol. The van der Waals surface area contributed by atoms with Crippen molar-refractivity contribution in [3.05, 3.63) is 95.1 Å².